The second kappa shape index (κ2) is 17.1. The second-order valence-electron chi connectivity index (χ2n) is 2.32. The summed E-state index contributed by atoms with van der Waals surface area (Å²) < 4.78 is 86.4. The summed E-state index contributed by atoms with van der Waals surface area (Å²) in [5.41, 5.74) is 0. The Morgan fingerprint density at radius 2 is 1.18 bits per heavy atom. The fourth-order valence-corrected chi connectivity index (χ4v) is 0.272. The first-order valence-electron chi connectivity index (χ1n) is 4.13. The Balaban J connectivity index is -0.0000000420. The Hall–Kier alpha value is -0.291. The molecule has 0 saturated heterocycles. The number of unbranched alkanes of at least 4 members (excludes halogenated alkanes) is 1. The molecule has 4 nitrogen and oxygen atoms in total. The van der Waals surface area contributed by atoms with Crippen LogP contribution in [-0.2, 0) is 35.8 Å². The molecule has 0 aromatic heterocycles. The van der Waals surface area contributed by atoms with E-state index in [9.17, 15) is 25.2 Å². The molecule has 0 saturated carbocycles. The second-order valence-corrected chi connectivity index (χ2v) is 4.24. The van der Waals surface area contributed by atoms with Crippen LogP contribution in [0.2, 0.25) is 0 Å². The van der Waals surface area contributed by atoms with Gasteiger partial charge in [-0.25, -0.2) is 0 Å². The molecule has 0 spiro atoms. The van der Waals surface area contributed by atoms with Crippen LogP contribution in [0.4, 0.5) is 25.2 Å². The first-order chi connectivity index (χ1) is 9.26. The Morgan fingerprint density at radius 3 is 1.32 bits per heavy atom. The molecule has 0 aliphatic carbocycles. The summed E-state index contributed by atoms with van der Waals surface area (Å²) in [5, 5.41) is 0. The van der Waals surface area contributed by atoms with E-state index < -0.39 is 7.81 Å². The molecule has 0 aromatic carbocycles. The molecule has 0 rings (SSSR count). The minimum absolute atomic E-state index is 0. The van der Waals surface area contributed by atoms with Gasteiger partial charge in [0, 0.05) is 30.6 Å². The van der Waals surface area contributed by atoms with E-state index in [0.717, 1.165) is 0 Å². The van der Waals surface area contributed by atoms with E-state index in [0.29, 0.717) is 6.10 Å². The quantitative estimate of drug-likeness (QED) is 0.219. The molecule has 0 fully saturated rings. The number of rotatable bonds is 4. The molecule has 0 heterocycles. The molecule has 0 aliphatic rings. The van der Waals surface area contributed by atoms with Gasteiger partial charge in [-0.15, -0.1) is 0 Å². The van der Waals surface area contributed by atoms with Gasteiger partial charge in [-0.1, -0.05) is 6.92 Å². The van der Waals surface area contributed by atoms with E-state index in [1.807, 2.05) is 19.8 Å². The minimum atomic E-state index is -10.7. The predicted octanol–water partition coefficient (Wildman–Crippen LogP) is 4.90. The smallest absolute Gasteiger partial charge is 0.101 e. The standard InChI is InChI=1S/C7H11O.3CO.F6P.Fe/c1-4-5-6-7(2)8-3;3*1-2;1-7(2,3,4,5)6;/h4-6H,2H2,1,3H3;;;;;/q;;;;-1;. The Bertz CT molecular complexity index is 261. The van der Waals surface area contributed by atoms with Crippen LogP contribution < -0.4 is 0 Å². The molecular formula is C10H11F6FeO4P-. The molecule has 22 heavy (non-hydrogen) atoms. The van der Waals surface area contributed by atoms with Crippen molar-refractivity contribution in [2.24, 2.45) is 0 Å². The van der Waals surface area contributed by atoms with E-state index in [1.54, 1.807) is 13.5 Å². The summed E-state index contributed by atoms with van der Waals surface area (Å²) in [5.74, 6) is 0. The molecule has 0 amide bonds. The van der Waals surface area contributed by atoms with Crippen molar-refractivity contribution in [3.8, 4) is 0 Å². The van der Waals surface area contributed by atoms with Crippen LogP contribution in [0.25, 0.3) is 0 Å². The summed E-state index contributed by atoms with van der Waals surface area (Å²) in [6.07, 6.45) is 6.29. The first kappa shape index (κ1) is 37.7. The summed E-state index contributed by atoms with van der Waals surface area (Å²) in [6.45, 7) is 19.0. The zero-order chi connectivity index (χ0) is 18.8. The molecule has 12 heteroatoms. The SMILES string of the molecule is F[P-](F)(F)(F)(F)F.[C-]#[O+].[C-]#[O+].[C-]#[O+].[CH2][C]([CH][CH][CH]C)OC.[Fe]. The third kappa shape index (κ3) is 212. The van der Waals surface area contributed by atoms with Gasteiger partial charge >= 0.3 is 66.9 Å². The number of methoxy groups -OCH3 is 1. The van der Waals surface area contributed by atoms with Crippen LogP contribution >= 0.6 is 7.81 Å². The summed E-state index contributed by atoms with van der Waals surface area (Å²) in [7, 11) is -9.06. The third-order valence-corrected chi connectivity index (χ3v) is 0.737. The van der Waals surface area contributed by atoms with E-state index >= 15 is 0 Å². The maximum atomic E-state index is 9.87. The van der Waals surface area contributed by atoms with Crippen molar-refractivity contribution >= 4 is 7.81 Å². The van der Waals surface area contributed by atoms with Crippen LogP contribution in [0.1, 0.15) is 6.92 Å². The van der Waals surface area contributed by atoms with Crippen molar-refractivity contribution in [3.63, 3.8) is 0 Å². The van der Waals surface area contributed by atoms with Crippen LogP contribution in [0.5, 0.6) is 0 Å². The van der Waals surface area contributed by atoms with Crippen molar-refractivity contribution in [2.75, 3.05) is 7.11 Å². The summed E-state index contributed by atoms with van der Waals surface area (Å²) in [4.78, 5) is 0. The molecule has 0 unspecified atom stereocenters. The van der Waals surface area contributed by atoms with Gasteiger partial charge in [-0.3, -0.25) is 0 Å². The van der Waals surface area contributed by atoms with Gasteiger partial charge < -0.3 is 4.74 Å². The molecule has 0 aromatic rings. The zero-order valence-electron chi connectivity index (χ0n) is 11.1. The van der Waals surface area contributed by atoms with Crippen LogP contribution in [0.3, 0.4) is 0 Å². The monoisotopic (exact) mass is 396 g/mol. The average Bonchev–Trinajstić information content (AvgIpc) is 2.39. The molecular weight excluding hydrogens is 385 g/mol. The van der Waals surface area contributed by atoms with Gasteiger partial charge in [0.1, 0.15) is 6.10 Å². The topological polar surface area (TPSA) is 68.9 Å². The van der Waals surface area contributed by atoms with Crippen molar-refractivity contribution in [1.29, 1.82) is 0 Å². The Labute approximate surface area is 135 Å². The minimum Gasteiger partial charge on any atom is -0.375 e. The zero-order valence-corrected chi connectivity index (χ0v) is 13.1. The molecule has 0 atom stereocenters. The van der Waals surface area contributed by atoms with Crippen molar-refractivity contribution < 1.29 is 60.9 Å². The molecule has 131 valence electrons. The van der Waals surface area contributed by atoms with E-state index in [2.05, 4.69) is 26.9 Å². The molecule has 0 aliphatic heterocycles. The van der Waals surface area contributed by atoms with Gasteiger partial charge in [0.25, 0.3) is 0 Å². The maximum Gasteiger partial charge on any atom is 0.101 e. The number of hydrogen-bond donors (Lipinski definition) is 0. The van der Waals surface area contributed by atoms with E-state index in [4.69, 9.17) is 18.7 Å². The Morgan fingerprint density at radius 1 is 0.955 bits per heavy atom. The van der Waals surface area contributed by atoms with Gasteiger partial charge in [0.05, 0.1) is 0 Å². The maximum absolute atomic E-state index is 10.7. The molecule has 0 bridgehead atoms. The Kier molecular flexibility index (Phi) is 29.3. The number of ether oxygens (including phenoxy) is 1. The normalized spacial score (nSPS) is 11.5. The van der Waals surface area contributed by atoms with Crippen LogP contribution in [0, 0.1) is 52.2 Å². The van der Waals surface area contributed by atoms with Gasteiger partial charge in [-0.2, -0.15) is 0 Å². The predicted molar refractivity (Wildman–Crippen MR) is 59.5 cm³/mol. The third-order valence-electron chi connectivity index (χ3n) is 0.737. The summed E-state index contributed by atoms with van der Waals surface area (Å²) in [6, 6.07) is 0. The van der Waals surface area contributed by atoms with Crippen molar-refractivity contribution in [3.05, 3.63) is 52.2 Å². The van der Waals surface area contributed by atoms with E-state index in [1.165, 1.54) is 0 Å². The van der Waals surface area contributed by atoms with Crippen molar-refractivity contribution in [1.82, 2.24) is 0 Å². The van der Waals surface area contributed by atoms with Crippen molar-refractivity contribution in [2.45, 2.75) is 6.92 Å². The fourth-order valence-electron chi connectivity index (χ4n) is 0.272. The van der Waals surface area contributed by atoms with Gasteiger partial charge in [0.2, 0.25) is 0 Å². The fraction of sp³-hybridized carbons (Fsp3) is 0.200. The first-order valence-corrected chi connectivity index (χ1v) is 6.15. The number of hydrogen-bond acceptors (Lipinski definition) is 1. The molecule has 5 radical (unpaired) electrons. The summed E-state index contributed by atoms with van der Waals surface area (Å²) >= 11 is 0. The average molecular weight is 396 g/mol. The molecule has 0 N–H and O–H groups in total. The number of halogens is 6. The van der Waals surface area contributed by atoms with Gasteiger partial charge in [-0.05, 0) is 19.8 Å². The van der Waals surface area contributed by atoms with Crippen LogP contribution in [-0.4, -0.2) is 7.11 Å². The van der Waals surface area contributed by atoms with Crippen LogP contribution in [0.15, 0.2) is 0 Å². The van der Waals surface area contributed by atoms with E-state index in [-0.39, 0.29) is 17.1 Å². The van der Waals surface area contributed by atoms with Gasteiger partial charge in [0.15, 0.2) is 0 Å². The largest absolute Gasteiger partial charge is 0.375 e.